The molecule has 0 saturated carbocycles. The molecule has 8 heteroatoms. The van der Waals surface area contributed by atoms with Crippen molar-refractivity contribution in [3.05, 3.63) is 89.4 Å². The van der Waals surface area contributed by atoms with E-state index < -0.39 is 16.1 Å². The van der Waals surface area contributed by atoms with Gasteiger partial charge in [0.1, 0.15) is 10.3 Å². The van der Waals surface area contributed by atoms with E-state index >= 15 is 0 Å². The molecule has 0 aliphatic carbocycles. The van der Waals surface area contributed by atoms with Crippen LogP contribution in [0.2, 0.25) is 0 Å². The summed E-state index contributed by atoms with van der Waals surface area (Å²) in [4.78, 5) is 17.8. The van der Waals surface area contributed by atoms with Crippen LogP contribution in [0, 0.1) is 0 Å². The van der Waals surface area contributed by atoms with Crippen molar-refractivity contribution in [2.45, 2.75) is 23.2 Å². The van der Waals surface area contributed by atoms with Crippen LogP contribution in [-0.4, -0.2) is 29.7 Å². The van der Waals surface area contributed by atoms with E-state index in [4.69, 9.17) is 0 Å². The number of nitrogens with one attached hydrogen (secondary N) is 1. The van der Waals surface area contributed by atoms with Crippen LogP contribution in [0.25, 0.3) is 10.9 Å². The third-order valence-electron chi connectivity index (χ3n) is 5.46. The molecule has 0 bridgehead atoms. The smallest absolute Gasteiger partial charge is 0.253 e. The Morgan fingerprint density at radius 2 is 1.81 bits per heavy atom. The lowest BCUT2D eigenvalue weighted by molar-refractivity contribution is -0.120. The lowest BCUT2D eigenvalue weighted by Crippen LogP contribution is -2.50. The van der Waals surface area contributed by atoms with Crippen LogP contribution < -0.4 is 5.32 Å². The van der Waals surface area contributed by atoms with Gasteiger partial charge in [-0.25, -0.2) is 8.42 Å². The van der Waals surface area contributed by atoms with Gasteiger partial charge in [0.15, 0.2) is 0 Å². The third kappa shape index (κ3) is 3.63. The number of nitrogens with zero attached hydrogens (tertiary/aromatic N) is 2. The van der Waals surface area contributed by atoms with Crippen molar-refractivity contribution >= 4 is 43.9 Å². The number of carbonyl (C=O) groups excluding carboxylic acids is 1. The highest BCUT2D eigenvalue weighted by Crippen LogP contribution is 2.32. The van der Waals surface area contributed by atoms with Crippen molar-refractivity contribution in [2.75, 3.05) is 5.32 Å². The van der Waals surface area contributed by atoms with Crippen LogP contribution in [-0.2, 0) is 27.8 Å². The molecule has 156 valence electrons. The van der Waals surface area contributed by atoms with Gasteiger partial charge in [-0.2, -0.15) is 4.31 Å². The zero-order chi connectivity index (χ0) is 21.4. The van der Waals surface area contributed by atoms with Crippen molar-refractivity contribution < 1.29 is 13.2 Å². The van der Waals surface area contributed by atoms with Crippen molar-refractivity contribution in [3.8, 4) is 0 Å². The Kier molecular flexibility index (Phi) is 5.05. The van der Waals surface area contributed by atoms with Crippen molar-refractivity contribution in [2.24, 2.45) is 0 Å². The first-order chi connectivity index (χ1) is 15.0. The molecule has 1 amide bonds. The number of thiophene rings is 1. The van der Waals surface area contributed by atoms with E-state index in [9.17, 15) is 13.2 Å². The van der Waals surface area contributed by atoms with E-state index in [2.05, 4.69) is 10.3 Å². The second-order valence-corrected chi connectivity index (χ2v) is 10.4. The topological polar surface area (TPSA) is 79.4 Å². The molecule has 1 aliphatic heterocycles. The number of fused-ring (bicyclic) bond motifs is 2. The number of hydrogen-bond donors (Lipinski definition) is 1. The number of carbonyl (C=O) groups is 1. The summed E-state index contributed by atoms with van der Waals surface area (Å²) >= 11 is 1.15. The molecule has 4 aromatic rings. The number of benzene rings is 2. The van der Waals surface area contributed by atoms with E-state index in [1.165, 1.54) is 4.31 Å². The van der Waals surface area contributed by atoms with E-state index in [1.54, 1.807) is 29.8 Å². The predicted molar refractivity (Wildman–Crippen MR) is 121 cm³/mol. The molecule has 1 atom stereocenters. The standard InChI is InChI=1S/C23H19N3O3S2/c27-23(25-19-10-3-8-16-9-4-12-24-22(16)19)20-14-17-6-1-2-7-18(17)15-26(20)31(28,29)21-11-5-13-30-21/h1-13,20H,14-15H2,(H,25,27). The molecule has 1 aliphatic rings. The lowest BCUT2D eigenvalue weighted by Gasteiger charge is -2.34. The number of amides is 1. The van der Waals surface area contributed by atoms with Crippen molar-refractivity contribution in [1.29, 1.82) is 0 Å². The number of para-hydroxylation sites is 1. The molecule has 0 saturated heterocycles. The maximum absolute atomic E-state index is 13.4. The average Bonchev–Trinajstić information content (AvgIpc) is 3.34. The summed E-state index contributed by atoms with van der Waals surface area (Å²) in [6, 6.07) is 19.4. The highest BCUT2D eigenvalue weighted by atomic mass is 32.2. The van der Waals surface area contributed by atoms with Gasteiger partial charge in [0.2, 0.25) is 5.91 Å². The van der Waals surface area contributed by atoms with Gasteiger partial charge >= 0.3 is 0 Å². The number of hydrogen-bond acceptors (Lipinski definition) is 5. The highest BCUT2D eigenvalue weighted by Gasteiger charge is 2.40. The monoisotopic (exact) mass is 449 g/mol. The fourth-order valence-corrected chi connectivity index (χ4v) is 6.61. The molecule has 3 heterocycles. The van der Waals surface area contributed by atoms with E-state index in [0.717, 1.165) is 27.8 Å². The molecular formula is C23H19N3O3S2. The molecule has 31 heavy (non-hydrogen) atoms. The third-order valence-corrected chi connectivity index (χ3v) is 8.68. The van der Waals surface area contributed by atoms with Crippen LogP contribution >= 0.6 is 11.3 Å². The number of rotatable bonds is 4. The minimum atomic E-state index is -3.81. The largest absolute Gasteiger partial charge is 0.323 e. The Morgan fingerprint density at radius 1 is 1.00 bits per heavy atom. The van der Waals surface area contributed by atoms with Gasteiger partial charge in [-0.15, -0.1) is 11.3 Å². The molecular weight excluding hydrogens is 430 g/mol. The maximum Gasteiger partial charge on any atom is 0.253 e. The Morgan fingerprint density at radius 3 is 2.61 bits per heavy atom. The molecule has 2 aromatic carbocycles. The maximum atomic E-state index is 13.4. The van der Waals surface area contributed by atoms with Crippen LogP contribution in [0.15, 0.2) is 82.5 Å². The fourth-order valence-electron chi connectivity index (χ4n) is 3.92. The quantitative estimate of drug-likeness (QED) is 0.510. The van der Waals surface area contributed by atoms with Gasteiger partial charge in [-0.3, -0.25) is 9.78 Å². The first-order valence-electron chi connectivity index (χ1n) is 9.81. The molecule has 2 aromatic heterocycles. The number of aromatic nitrogens is 1. The van der Waals surface area contributed by atoms with Crippen LogP contribution in [0.3, 0.4) is 0 Å². The van der Waals surface area contributed by atoms with Gasteiger partial charge in [0.25, 0.3) is 10.0 Å². The van der Waals surface area contributed by atoms with Gasteiger partial charge in [0.05, 0.1) is 11.2 Å². The van der Waals surface area contributed by atoms with Gasteiger partial charge < -0.3 is 5.32 Å². The summed E-state index contributed by atoms with van der Waals surface area (Å²) in [6.07, 6.45) is 1.98. The Hall–Kier alpha value is -3.07. The fraction of sp³-hybridized carbons (Fsp3) is 0.130. The van der Waals surface area contributed by atoms with Gasteiger partial charge in [0, 0.05) is 18.1 Å². The van der Waals surface area contributed by atoms with E-state index in [-0.39, 0.29) is 16.7 Å². The molecule has 1 N–H and O–H groups in total. The molecule has 5 rings (SSSR count). The summed E-state index contributed by atoms with van der Waals surface area (Å²) in [5.74, 6) is -0.368. The number of anilines is 1. The molecule has 6 nitrogen and oxygen atoms in total. The predicted octanol–water partition coefficient (Wildman–Crippen LogP) is 4.05. The highest BCUT2D eigenvalue weighted by molar-refractivity contribution is 7.91. The number of pyridine rings is 1. The lowest BCUT2D eigenvalue weighted by atomic mass is 9.95. The average molecular weight is 450 g/mol. The minimum absolute atomic E-state index is 0.155. The van der Waals surface area contributed by atoms with Crippen molar-refractivity contribution in [1.82, 2.24) is 9.29 Å². The van der Waals surface area contributed by atoms with Crippen LogP contribution in [0.5, 0.6) is 0 Å². The molecule has 0 spiro atoms. The summed E-state index contributed by atoms with van der Waals surface area (Å²) < 4.78 is 28.3. The summed E-state index contributed by atoms with van der Waals surface area (Å²) in [5, 5.41) is 5.55. The van der Waals surface area contributed by atoms with Crippen molar-refractivity contribution in [3.63, 3.8) is 0 Å². The Labute approximate surface area is 184 Å². The summed E-state index contributed by atoms with van der Waals surface area (Å²) in [5.41, 5.74) is 3.13. The first-order valence-corrected chi connectivity index (χ1v) is 12.1. The summed E-state index contributed by atoms with van der Waals surface area (Å²) in [6.45, 7) is 0.155. The SMILES string of the molecule is O=C(Nc1cccc2cccnc12)C1Cc2ccccc2CN1S(=O)(=O)c1cccs1. The van der Waals surface area contributed by atoms with E-state index in [0.29, 0.717) is 17.6 Å². The number of sulfonamides is 1. The van der Waals surface area contributed by atoms with E-state index in [1.807, 2.05) is 48.5 Å². The van der Waals surface area contributed by atoms with Gasteiger partial charge in [-0.05, 0) is 41.1 Å². The van der Waals surface area contributed by atoms with Gasteiger partial charge in [-0.1, -0.05) is 48.5 Å². The molecule has 0 fully saturated rings. The zero-order valence-electron chi connectivity index (χ0n) is 16.4. The Balaban J connectivity index is 1.53. The second kappa shape index (κ2) is 7.88. The summed E-state index contributed by atoms with van der Waals surface area (Å²) in [7, 11) is -3.81. The van der Waals surface area contributed by atoms with Crippen LogP contribution in [0.4, 0.5) is 5.69 Å². The minimum Gasteiger partial charge on any atom is -0.323 e. The second-order valence-electron chi connectivity index (χ2n) is 7.34. The molecule has 0 radical (unpaired) electrons. The normalized spacial score (nSPS) is 16.7. The molecule has 1 unspecified atom stereocenters. The first kappa shape index (κ1) is 19.9. The van der Waals surface area contributed by atoms with Crippen LogP contribution in [0.1, 0.15) is 11.1 Å². The zero-order valence-corrected chi connectivity index (χ0v) is 18.1. The Bertz CT molecular complexity index is 1360.